The van der Waals surface area contributed by atoms with Crippen molar-refractivity contribution < 1.29 is 27.8 Å². The highest BCUT2D eigenvalue weighted by molar-refractivity contribution is 5.86. The van der Waals surface area contributed by atoms with Gasteiger partial charge in [-0.1, -0.05) is 0 Å². The molecular formula is C8H6F3NO3. The van der Waals surface area contributed by atoms with Crippen LogP contribution in [0.2, 0.25) is 0 Å². The molecular weight excluding hydrogens is 215 g/mol. The number of hydrogen-bond donors (Lipinski definition) is 1. The van der Waals surface area contributed by atoms with E-state index in [4.69, 9.17) is 5.11 Å². The summed E-state index contributed by atoms with van der Waals surface area (Å²) in [5.74, 6) is -3.84. The summed E-state index contributed by atoms with van der Waals surface area (Å²) in [6, 6.07) is 0. The topological polar surface area (TPSA) is 59.4 Å². The molecule has 1 rings (SSSR count). The van der Waals surface area contributed by atoms with Gasteiger partial charge < -0.3 is 9.84 Å². The molecule has 0 saturated carbocycles. The molecule has 4 nitrogen and oxygen atoms in total. The van der Waals surface area contributed by atoms with Crippen LogP contribution in [0.25, 0.3) is 0 Å². The Morgan fingerprint density at radius 3 is 2.60 bits per heavy atom. The molecule has 0 fully saturated rings. The van der Waals surface area contributed by atoms with Gasteiger partial charge in [-0.05, 0) is 0 Å². The lowest BCUT2D eigenvalue weighted by molar-refractivity contribution is 0.0682. The summed E-state index contributed by atoms with van der Waals surface area (Å²) in [5, 5.41) is 8.47. The molecule has 15 heavy (non-hydrogen) atoms. The highest BCUT2D eigenvalue weighted by Crippen LogP contribution is 2.31. The van der Waals surface area contributed by atoms with Crippen LogP contribution in [0, 0.1) is 5.82 Å². The number of aromatic carboxylic acids is 1. The van der Waals surface area contributed by atoms with Crippen molar-refractivity contribution in [3.05, 3.63) is 23.3 Å². The second-order valence-electron chi connectivity index (χ2n) is 2.52. The van der Waals surface area contributed by atoms with Gasteiger partial charge in [0.15, 0.2) is 17.3 Å². The third-order valence-electron chi connectivity index (χ3n) is 1.64. The van der Waals surface area contributed by atoms with E-state index in [2.05, 4.69) is 9.72 Å². The van der Waals surface area contributed by atoms with Crippen LogP contribution in [0.1, 0.15) is 22.5 Å². The van der Waals surface area contributed by atoms with Crippen LogP contribution in [-0.2, 0) is 0 Å². The molecule has 1 aromatic rings. The van der Waals surface area contributed by atoms with E-state index in [-0.39, 0.29) is 0 Å². The van der Waals surface area contributed by atoms with Crippen molar-refractivity contribution in [1.29, 1.82) is 0 Å². The first-order chi connectivity index (χ1) is 6.99. The first kappa shape index (κ1) is 11.3. The Morgan fingerprint density at radius 1 is 1.60 bits per heavy atom. The van der Waals surface area contributed by atoms with Gasteiger partial charge in [0.05, 0.1) is 12.7 Å². The number of halogens is 3. The number of alkyl halides is 2. The summed E-state index contributed by atoms with van der Waals surface area (Å²) in [6.07, 6.45) is -2.40. The van der Waals surface area contributed by atoms with Gasteiger partial charge >= 0.3 is 5.97 Å². The summed E-state index contributed by atoms with van der Waals surface area (Å²) in [5.41, 5.74) is -1.73. The van der Waals surface area contributed by atoms with E-state index < -0.39 is 35.2 Å². The maximum atomic E-state index is 13.2. The second-order valence-corrected chi connectivity index (χ2v) is 2.52. The van der Waals surface area contributed by atoms with Gasteiger partial charge in [0.2, 0.25) is 0 Å². The molecule has 0 amide bonds. The minimum Gasteiger partial charge on any atom is -0.493 e. The van der Waals surface area contributed by atoms with E-state index in [1.54, 1.807) is 0 Å². The van der Waals surface area contributed by atoms with Crippen LogP contribution in [0.5, 0.6) is 5.75 Å². The fourth-order valence-electron chi connectivity index (χ4n) is 0.996. The average Bonchev–Trinajstić information content (AvgIpc) is 2.16. The maximum absolute atomic E-state index is 13.2. The molecule has 1 N–H and O–H groups in total. The zero-order valence-corrected chi connectivity index (χ0v) is 7.50. The number of carboxylic acid groups (broad SMARTS) is 1. The second kappa shape index (κ2) is 4.16. The van der Waals surface area contributed by atoms with E-state index >= 15 is 0 Å². The van der Waals surface area contributed by atoms with Gasteiger partial charge in [-0.3, -0.25) is 0 Å². The molecule has 0 aliphatic rings. The van der Waals surface area contributed by atoms with E-state index in [9.17, 15) is 18.0 Å². The van der Waals surface area contributed by atoms with Gasteiger partial charge in [-0.25, -0.2) is 22.9 Å². The number of carbonyl (C=O) groups is 1. The molecule has 0 atom stereocenters. The van der Waals surface area contributed by atoms with Crippen LogP contribution < -0.4 is 4.74 Å². The van der Waals surface area contributed by atoms with E-state index in [0.717, 1.165) is 7.11 Å². The maximum Gasteiger partial charge on any atom is 0.357 e. The normalized spacial score (nSPS) is 10.5. The Kier molecular flexibility index (Phi) is 3.13. The smallest absolute Gasteiger partial charge is 0.357 e. The molecule has 7 heteroatoms. The molecule has 0 radical (unpaired) electrons. The van der Waals surface area contributed by atoms with Crippen LogP contribution in [0.3, 0.4) is 0 Å². The molecule has 0 aliphatic heterocycles. The van der Waals surface area contributed by atoms with E-state index in [1.165, 1.54) is 0 Å². The van der Waals surface area contributed by atoms with Gasteiger partial charge in [0, 0.05) is 6.20 Å². The zero-order chi connectivity index (χ0) is 11.6. The first-order valence-electron chi connectivity index (χ1n) is 3.72. The average molecular weight is 221 g/mol. The fraction of sp³-hybridized carbons (Fsp3) is 0.250. The molecule has 0 unspecified atom stereocenters. The molecule has 1 aromatic heterocycles. The third kappa shape index (κ3) is 2.00. The van der Waals surface area contributed by atoms with Crippen molar-refractivity contribution >= 4 is 5.97 Å². The molecule has 0 spiro atoms. The lowest BCUT2D eigenvalue weighted by Crippen LogP contribution is -2.08. The Hall–Kier alpha value is -1.79. The van der Waals surface area contributed by atoms with E-state index in [0.29, 0.717) is 6.20 Å². The number of pyridine rings is 1. The minimum absolute atomic E-state index is 0.579. The number of hydrogen-bond acceptors (Lipinski definition) is 3. The molecule has 0 aliphatic carbocycles. The predicted octanol–water partition coefficient (Wildman–Crippen LogP) is 1.87. The van der Waals surface area contributed by atoms with Crippen LogP contribution in [0.15, 0.2) is 6.20 Å². The number of methoxy groups -OCH3 is 1. The van der Waals surface area contributed by atoms with Crippen LogP contribution in [-0.4, -0.2) is 23.2 Å². The van der Waals surface area contributed by atoms with Gasteiger partial charge in [-0.2, -0.15) is 0 Å². The monoisotopic (exact) mass is 221 g/mol. The largest absolute Gasteiger partial charge is 0.493 e. The zero-order valence-electron chi connectivity index (χ0n) is 7.50. The van der Waals surface area contributed by atoms with Crippen molar-refractivity contribution in [3.8, 4) is 5.75 Å². The first-order valence-corrected chi connectivity index (χ1v) is 3.72. The fourth-order valence-corrected chi connectivity index (χ4v) is 0.996. The third-order valence-corrected chi connectivity index (χ3v) is 1.64. The minimum atomic E-state index is -2.98. The standard InChI is InChI=1S/C8H6F3NO3/c1-15-6-3(7(10)11)2-12-5(4(6)9)8(13)14/h2,7H,1H3,(H,13,14). The number of ether oxygens (including phenoxy) is 1. The number of rotatable bonds is 3. The van der Waals surface area contributed by atoms with Gasteiger partial charge in [0.1, 0.15) is 0 Å². The SMILES string of the molecule is COc1c(C(F)F)cnc(C(=O)O)c1F. The van der Waals surface area contributed by atoms with Crippen molar-refractivity contribution in [3.63, 3.8) is 0 Å². The number of carboxylic acids is 1. The number of nitrogens with zero attached hydrogens (tertiary/aromatic N) is 1. The lowest BCUT2D eigenvalue weighted by Gasteiger charge is -2.09. The quantitative estimate of drug-likeness (QED) is 0.846. The highest BCUT2D eigenvalue weighted by Gasteiger charge is 2.24. The summed E-state index contributed by atoms with van der Waals surface area (Å²) in [4.78, 5) is 13.5. The number of aromatic nitrogens is 1. The van der Waals surface area contributed by atoms with Crippen LogP contribution >= 0.6 is 0 Å². The molecule has 1 heterocycles. The summed E-state index contributed by atoms with van der Waals surface area (Å²) >= 11 is 0. The van der Waals surface area contributed by atoms with Crippen molar-refractivity contribution in [2.45, 2.75) is 6.43 Å². The Labute approximate surface area is 82.3 Å². The predicted molar refractivity (Wildman–Crippen MR) is 42.7 cm³/mol. The molecule has 0 bridgehead atoms. The van der Waals surface area contributed by atoms with Gasteiger partial charge in [0.25, 0.3) is 6.43 Å². The van der Waals surface area contributed by atoms with E-state index in [1.807, 2.05) is 0 Å². The Bertz CT molecular complexity index is 395. The van der Waals surface area contributed by atoms with Gasteiger partial charge in [-0.15, -0.1) is 0 Å². The van der Waals surface area contributed by atoms with Crippen molar-refractivity contribution in [2.24, 2.45) is 0 Å². The Balaban J connectivity index is 3.39. The van der Waals surface area contributed by atoms with Crippen LogP contribution in [0.4, 0.5) is 13.2 Å². The molecule has 0 saturated heterocycles. The van der Waals surface area contributed by atoms with Crippen molar-refractivity contribution in [2.75, 3.05) is 7.11 Å². The summed E-state index contributed by atoms with van der Waals surface area (Å²) in [6.45, 7) is 0. The summed E-state index contributed by atoms with van der Waals surface area (Å²) in [7, 11) is 0.968. The molecule has 82 valence electrons. The Morgan fingerprint density at radius 2 is 2.20 bits per heavy atom. The highest BCUT2D eigenvalue weighted by atomic mass is 19.3. The lowest BCUT2D eigenvalue weighted by atomic mass is 10.2. The van der Waals surface area contributed by atoms with Crippen molar-refractivity contribution in [1.82, 2.24) is 4.98 Å². The summed E-state index contributed by atoms with van der Waals surface area (Å²) < 4.78 is 42.2. The molecule has 0 aromatic carbocycles.